The molecule has 0 aliphatic heterocycles. The van der Waals surface area contributed by atoms with Crippen LogP contribution >= 0.6 is 11.6 Å². The number of benzene rings is 1. The Labute approximate surface area is 88.0 Å². The van der Waals surface area contributed by atoms with Crippen LogP contribution in [0.1, 0.15) is 17.2 Å². The van der Waals surface area contributed by atoms with Crippen molar-refractivity contribution in [3.63, 3.8) is 0 Å². The zero-order chi connectivity index (χ0) is 10.6. The number of ether oxygens (including phenoxy) is 1. The Balaban J connectivity index is 3.03. The molecule has 0 fully saturated rings. The summed E-state index contributed by atoms with van der Waals surface area (Å²) in [5.74, 6) is 0. The fourth-order valence-electron chi connectivity index (χ4n) is 1.22. The largest absolute Gasteiger partial charge is 0.383 e. The topological polar surface area (TPSA) is 59.0 Å². The summed E-state index contributed by atoms with van der Waals surface area (Å²) in [7, 11) is 1.57. The van der Waals surface area contributed by atoms with Gasteiger partial charge in [0, 0.05) is 12.1 Å². The lowest BCUT2D eigenvalue weighted by Gasteiger charge is -2.12. The van der Waals surface area contributed by atoms with Gasteiger partial charge in [-0.2, -0.15) is 5.26 Å². The summed E-state index contributed by atoms with van der Waals surface area (Å²) in [6.07, 6.45) is 0. The molecule has 1 atom stereocenters. The first kappa shape index (κ1) is 11.0. The van der Waals surface area contributed by atoms with E-state index < -0.39 is 0 Å². The molecule has 1 aromatic carbocycles. The van der Waals surface area contributed by atoms with Crippen LogP contribution in [-0.4, -0.2) is 13.7 Å². The summed E-state index contributed by atoms with van der Waals surface area (Å²) < 4.78 is 4.92. The average molecular weight is 211 g/mol. The lowest BCUT2D eigenvalue weighted by atomic mass is 10.0. The van der Waals surface area contributed by atoms with Crippen molar-refractivity contribution >= 4 is 11.6 Å². The number of rotatable bonds is 3. The first-order chi connectivity index (χ1) is 6.69. The van der Waals surface area contributed by atoms with E-state index >= 15 is 0 Å². The Morgan fingerprint density at radius 1 is 1.64 bits per heavy atom. The monoisotopic (exact) mass is 210 g/mol. The van der Waals surface area contributed by atoms with Crippen molar-refractivity contribution in [3.8, 4) is 6.07 Å². The third-order valence-electron chi connectivity index (χ3n) is 1.88. The Morgan fingerprint density at radius 3 is 2.93 bits per heavy atom. The van der Waals surface area contributed by atoms with Gasteiger partial charge in [-0.05, 0) is 17.7 Å². The minimum absolute atomic E-state index is 0.285. The molecule has 0 aliphatic carbocycles. The van der Waals surface area contributed by atoms with E-state index in [1.807, 2.05) is 0 Å². The van der Waals surface area contributed by atoms with Crippen LogP contribution in [0.15, 0.2) is 18.2 Å². The van der Waals surface area contributed by atoms with E-state index in [1.54, 1.807) is 25.3 Å². The smallest absolute Gasteiger partial charge is 0.0995 e. The van der Waals surface area contributed by atoms with E-state index in [9.17, 15) is 0 Å². The number of nitriles is 1. The predicted octanol–water partition coefficient (Wildman–Crippen LogP) is 1.86. The maximum atomic E-state index is 8.85. The minimum Gasteiger partial charge on any atom is -0.383 e. The molecule has 0 bridgehead atoms. The van der Waals surface area contributed by atoms with E-state index in [2.05, 4.69) is 6.07 Å². The molecule has 3 nitrogen and oxygen atoms in total. The van der Waals surface area contributed by atoms with Crippen LogP contribution in [0.25, 0.3) is 0 Å². The molecular formula is C10H11ClN2O. The molecule has 0 unspecified atom stereocenters. The fraction of sp³-hybridized carbons (Fsp3) is 0.300. The SMILES string of the molecule is COC[C@H](N)c1ccc(Cl)cc1C#N. The van der Waals surface area contributed by atoms with Crippen molar-refractivity contribution in [2.24, 2.45) is 5.73 Å². The number of halogens is 1. The maximum Gasteiger partial charge on any atom is 0.0995 e. The molecule has 1 aromatic rings. The Kier molecular flexibility index (Phi) is 3.90. The van der Waals surface area contributed by atoms with Crippen LogP contribution in [0.4, 0.5) is 0 Å². The normalized spacial score (nSPS) is 12.1. The van der Waals surface area contributed by atoms with E-state index in [0.717, 1.165) is 5.56 Å². The summed E-state index contributed by atoms with van der Waals surface area (Å²) in [5, 5.41) is 9.39. The molecule has 74 valence electrons. The van der Waals surface area contributed by atoms with Gasteiger partial charge in [-0.25, -0.2) is 0 Å². The second-order valence-corrected chi connectivity index (χ2v) is 3.34. The lowest BCUT2D eigenvalue weighted by molar-refractivity contribution is 0.181. The van der Waals surface area contributed by atoms with Gasteiger partial charge < -0.3 is 10.5 Å². The second-order valence-electron chi connectivity index (χ2n) is 2.91. The summed E-state index contributed by atoms with van der Waals surface area (Å²) in [6.45, 7) is 0.385. The van der Waals surface area contributed by atoms with Crippen molar-refractivity contribution in [3.05, 3.63) is 34.3 Å². The number of nitrogens with two attached hydrogens (primary N) is 1. The number of hydrogen-bond acceptors (Lipinski definition) is 3. The Bertz CT molecular complexity index is 360. The quantitative estimate of drug-likeness (QED) is 0.829. The zero-order valence-electron chi connectivity index (χ0n) is 7.83. The number of nitrogens with zero attached hydrogens (tertiary/aromatic N) is 1. The van der Waals surface area contributed by atoms with Crippen molar-refractivity contribution in [2.45, 2.75) is 6.04 Å². The third kappa shape index (κ3) is 2.46. The van der Waals surface area contributed by atoms with Crippen LogP contribution < -0.4 is 5.73 Å². The number of hydrogen-bond donors (Lipinski definition) is 1. The van der Waals surface area contributed by atoms with Gasteiger partial charge in [0.2, 0.25) is 0 Å². The molecule has 2 N–H and O–H groups in total. The third-order valence-corrected chi connectivity index (χ3v) is 2.12. The summed E-state index contributed by atoms with van der Waals surface area (Å²) in [4.78, 5) is 0. The minimum atomic E-state index is -0.285. The Morgan fingerprint density at radius 2 is 2.36 bits per heavy atom. The van der Waals surface area contributed by atoms with Gasteiger partial charge in [0.1, 0.15) is 0 Å². The lowest BCUT2D eigenvalue weighted by Crippen LogP contribution is -2.17. The molecule has 0 radical (unpaired) electrons. The van der Waals surface area contributed by atoms with Crippen molar-refractivity contribution in [1.29, 1.82) is 5.26 Å². The highest BCUT2D eigenvalue weighted by molar-refractivity contribution is 6.30. The molecule has 14 heavy (non-hydrogen) atoms. The van der Waals surface area contributed by atoms with E-state index in [-0.39, 0.29) is 6.04 Å². The van der Waals surface area contributed by atoms with Gasteiger partial charge in [0.15, 0.2) is 0 Å². The fourth-order valence-corrected chi connectivity index (χ4v) is 1.39. The first-order valence-corrected chi connectivity index (χ1v) is 4.51. The highest BCUT2D eigenvalue weighted by atomic mass is 35.5. The van der Waals surface area contributed by atoms with Gasteiger partial charge in [0.05, 0.1) is 24.3 Å². The molecule has 0 aliphatic rings. The predicted molar refractivity (Wildman–Crippen MR) is 55.0 cm³/mol. The highest BCUT2D eigenvalue weighted by Crippen LogP contribution is 2.20. The molecule has 0 saturated carbocycles. The Hall–Kier alpha value is -1.08. The molecule has 0 aromatic heterocycles. The van der Waals surface area contributed by atoms with Crippen LogP contribution in [0.2, 0.25) is 5.02 Å². The summed E-state index contributed by atoms with van der Waals surface area (Å²) in [6, 6.07) is 6.84. The molecule has 1 rings (SSSR count). The number of methoxy groups -OCH3 is 1. The highest BCUT2D eigenvalue weighted by Gasteiger charge is 2.10. The molecule has 0 heterocycles. The second kappa shape index (κ2) is 4.97. The molecule has 0 amide bonds. The average Bonchev–Trinajstić information content (AvgIpc) is 2.17. The van der Waals surface area contributed by atoms with Gasteiger partial charge in [-0.3, -0.25) is 0 Å². The first-order valence-electron chi connectivity index (χ1n) is 4.13. The van der Waals surface area contributed by atoms with Gasteiger partial charge in [-0.15, -0.1) is 0 Å². The molecule has 0 spiro atoms. The maximum absolute atomic E-state index is 8.85. The standard InChI is InChI=1S/C10H11ClN2O/c1-14-6-10(13)9-3-2-8(11)4-7(9)5-12/h2-4,10H,6,13H2,1H3/t10-/m0/s1. The van der Waals surface area contributed by atoms with Crippen LogP contribution in [0, 0.1) is 11.3 Å². The molecule has 0 saturated heterocycles. The van der Waals surface area contributed by atoms with E-state index in [4.69, 9.17) is 27.3 Å². The molecule has 4 heteroatoms. The van der Waals surface area contributed by atoms with Crippen molar-refractivity contribution in [2.75, 3.05) is 13.7 Å². The van der Waals surface area contributed by atoms with Crippen LogP contribution in [-0.2, 0) is 4.74 Å². The van der Waals surface area contributed by atoms with Gasteiger partial charge in [-0.1, -0.05) is 17.7 Å². The van der Waals surface area contributed by atoms with Crippen molar-refractivity contribution in [1.82, 2.24) is 0 Å². The summed E-state index contributed by atoms with van der Waals surface area (Å²) >= 11 is 5.75. The van der Waals surface area contributed by atoms with E-state index in [0.29, 0.717) is 17.2 Å². The van der Waals surface area contributed by atoms with Gasteiger partial charge in [0.25, 0.3) is 0 Å². The zero-order valence-corrected chi connectivity index (χ0v) is 8.58. The van der Waals surface area contributed by atoms with Crippen LogP contribution in [0.3, 0.4) is 0 Å². The molecular weight excluding hydrogens is 200 g/mol. The van der Waals surface area contributed by atoms with E-state index in [1.165, 1.54) is 0 Å². The summed E-state index contributed by atoms with van der Waals surface area (Å²) in [5.41, 5.74) is 7.08. The van der Waals surface area contributed by atoms with Crippen molar-refractivity contribution < 1.29 is 4.74 Å². The van der Waals surface area contributed by atoms with Crippen LogP contribution in [0.5, 0.6) is 0 Å². The van der Waals surface area contributed by atoms with Gasteiger partial charge >= 0.3 is 0 Å².